The molecule has 3 heterocycles. The van der Waals surface area contributed by atoms with Gasteiger partial charge in [0, 0.05) is 11.8 Å². The van der Waals surface area contributed by atoms with Crippen molar-refractivity contribution in [2.75, 3.05) is 0 Å². The van der Waals surface area contributed by atoms with Gasteiger partial charge in [-0.1, -0.05) is 6.07 Å². The summed E-state index contributed by atoms with van der Waals surface area (Å²) in [5.74, 6) is 0.512. The second kappa shape index (κ2) is 6.23. The molecule has 3 aromatic heterocycles. The van der Waals surface area contributed by atoms with Crippen LogP contribution in [0.15, 0.2) is 61.1 Å². The summed E-state index contributed by atoms with van der Waals surface area (Å²) in [7, 11) is 0. The third-order valence-electron chi connectivity index (χ3n) is 3.55. The van der Waals surface area contributed by atoms with Gasteiger partial charge in [-0.05, 0) is 42.5 Å². The lowest BCUT2D eigenvalue weighted by Gasteiger charge is -2.08. The Hall–Kier alpha value is -3.42. The van der Waals surface area contributed by atoms with Crippen molar-refractivity contribution in [1.82, 2.24) is 24.6 Å². The largest absolute Gasteiger partial charge is 0.435 e. The van der Waals surface area contributed by atoms with E-state index in [4.69, 9.17) is 0 Å². The summed E-state index contributed by atoms with van der Waals surface area (Å²) in [5, 5.41) is 4.18. The molecule has 0 aliphatic carbocycles. The summed E-state index contributed by atoms with van der Waals surface area (Å²) >= 11 is 0. The van der Waals surface area contributed by atoms with Crippen molar-refractivity contribution in [3.63, 3.8) is 0 Å². The van der Waals surface area contributed by atoms with Crippen molar-refractivity contribution in [3.8, 4) is 28.4 Å². The quantitative estimate of drug-likeness (QED) is 0.570. The minimum atomic E-state index is -2.85. The van der Waals surface area contributed by atoms with E-state index in [0.717, 1.165) is 17.0 Å². The molecule has 0 bridgehead atoms. The fraction of sp³-hybridized carbons (Fsp3) is 0.0588. The minimum absolute atomic E-state index is 0.0901. The lowest BCUT2D eigenvalue weighted by atomic mass is 10.1. The Morgan fingerprint density at radius 1 is 0.960 bits per heavy atom. The number of nitrogens with zero attached hydrogens (tertiary/aromatic N) is 5. The van der Waals surface area contributed by atoms with E-state index in [-0.39, 0.29) is 5.75 Å². The summed E-state index contributed by atoms with van der Waals surface area (Å²) in [5.41, 5.74) is 2.82. The van der Waals surface area contributed by atoms with Crippen molar-refractivity contribution >= 4 is 5.78 Å². The van der Waals surface area contributed by atoms with Gasteiger partial charge in [0.05, 0.1) is 17.1 Å². The van der Waals surface area contributed by atoms with E-state index in [1.165, 1.54) is 18.5 Å². The van der Waals surface area contributed by atoms with Crippen LogP contribution in [0.1, 0.15) is 0 Å². The standard InChI is InChI=1S/C17H11F2N5O/c18-16(19)25-12-6-4-11(5-7-12)14-9-15(13-3-1-2-8-20-13)24-17(23-14)21-10-22-24/h1-10,16H. The number of fused-ring (bicyclic) bond motifs is 1. The third kappa shape index (κ3) is 3.01. The molecular weight excluding hydrogens is 328 g/mol. The number of ether oxygens (including phenoxy) is 1. The zero-order chi connectivity index (χ0) is 17.2. The maximum atomic E-state index is 12.3. The van der Waals surface area contributed by atoms with E-state index in [9.17, 15) is 8.78 Å². The van der Waals surface area contributed by atoms with Gasteiger partial charge < -0.3 is 4.74 Å². The Balaban J connectivity index is 1.80. The highest BCUT2D eigenvalue weighted by Gasteiger charge is 2.12. The maximum absolute atomic E-state index is 12.3. The Kier molecular flexibility index (Phi) is 3.77. The fourth-order valence-electron chi connectivity index (χ4n) is 2.46. The molecule has 0 unspecified atom stereocenters. The molecule has 0 aliphatic rings. The lowest BCUT2D eigenvalue weighted by molar-refractivity contribution is -0.0498. The normalized spacial score (nSPS) is 11.2. The summed E-state index contributed by atoms with van der Waals surface area (Å²) in [4.78, 5) is 12.9. The first-order valence-electron chi connectivity index (χ1n) is 7.38. The van der Waals surface area contributed by atoms with E-state index >= 15 is 0 Å². The van der Waals surface area contributed by atoms with Crippen molar-refractivity contribution < 1.29 is 13.5 Å². The van der Waals surface area contributed by atoms with Gasteiger partial charge in [0.15, 0.2) is 0 Å². The Morgan fingerprint density at radius 3 is 2.52 bits per heavy atom. The molecule has 25 heavy (non-hydrogen) atoms. The lowest BCUT2D eigenvalue weighted by Crippen LogP contribution is -2.02. The molecule has 4 rings (SSSR count). The number of hydrogen-bond acceptors (Lipinski definition) is 5. The number of halogens is 2. The molecule has 0 spiro atoms. The predicted molar refractivity (Wildman–Crippen MR) is 86.1 cm³/mol. The summed E-state index contributed by atoms with van der Waals surface area (Å²) in [6, 6.07) is 13.7. The molecule has 0 radical (unpaired) electrons. The minimum Gasteiger partial charge on any atom is -0.435 e. The molecule has 0 saturated heterocycles. The molecule has 0 amide bonds. The molecule has 4 aromatic rings. The van der Waals surface area contributed by atoms with E-state index in [2.05, 4.69) is 24.8 Å². The van der Waals surface area contributed by atoms with Gasteiger partial charge in [0.25, 0.3) is 5.78 Å². The summed E-state index contributed by atoms with van der Waals surface area (Å²) in [6.07, 6.45) is 3.10. The van der Waals surface area contributed by atoms with Crippen LogP contribution < -0.4 is 4.74 Å². The van der Waals surface area contributed by atoms with Crippen molar-refractivity contribution in [3.05, 3.63) is 61.1 Å². The average Bonchev–Trinajstić information content (AvgIpc) is 3.10. The van der Waals surface area contributed by atoms with Crippen LogP contribution in [0.25, 0.3) is 28.4 Å². The number of hydrogen-bond donors (Lipinski definition) is 0. The zero-order valence-corrected chi connectivity index (χ0v) is 12.8. The van der Waals surface area contributed by atoms with Crippen LogP contribution in [0.5, 0.6) is 5.75 Å². The highest BCUT2D eigenvalue weighted by atomic mass is 19.3. The Bertz CT molecular complexity index is 1000. The Labute approximate surface area is 140 Å². The van der Waals surface area contributed by atoms with Gasteiger partial charge >= 0.3 is 6.61 Å². The average molecular weight is 339 g/mol. The van der Waals surface area contributed by atoms with Crippen LogP contribution in [0.2, 0.25) is 0 Å². The van der Waals surface area contributed by atoms with Gasteiger partial charge in [-0.15, -0.1) is 0 Å². The number of pyridine rings is 1. The smallest absolute Gasteiger partial charge is 0.387 e. The van der Waals surface area contributed by atoms with Gasteiger partial charge in [0.2, 0.25) is 0 Å². The summed E-state index contributed by atoms with van der Waals surface area (Å²) < 4.78 is 30.5. The highest BCUT2D eigenvalue weighted by molar-refractivity contribution is 5.69. The fourth-order valence-corrected chi connectivity index (χ4v) is 2.46. The van der Waals surface area contributed by atoms with Crippen molar-refractivity contribution in [2.24, 2.45) is 0 Å². The molecule has 124 valence electrons. The monoisotopic (exact) mass is 339 g/mol. The van der Waals surface area contributed by atoms with Gasteiger partial charge in [-0.25, -0.2) is 4.98 Å². The molecular formula is C17H11F2N5O. The van der Waals surface area contributed by atoms with Gasteiger partial charge in [-0.2, -0.15) is 23.4 Å². The molecule has 8 heteroatoms. The predicted octanol–water partition coefficient (Wildman–Crippen LogP) is 3.45. The first-order chi connectivity index (χ1) is 12.2. The molecule has 0 aliphatic heterocycles. The van der Waals surface area contributed by atoms with Crippen LogP contribution in [0.4, 0.5) is 8.78 Å². The van der Waals surface area contributed by atoms with Crippen molar-refractivity contribution in [1.29, 1.82) is 0 Å². The second-order valence-corrected chi connectivity index (χ2v) is 5.12. The van der Waals surface area contributed by atoms with E-state index in [1.54, 1.807) is 22.8 Å². The van der Waals surface area contributed by atoms with E-state index in [0.29, 0.717) is 11.5 Å². The number of alkyl halides is 2. The molecule has 6 nitrogen and oxygen atoms in total. The van der Waals surface area contributed by atoms with Crippen LogP contribution in [0.3, 0.4) is 0 Å². The topological polar surface area (TPSA) is 65.2 Å². The molecule has 0 fully saturated rings. The van der Waals surface area contributed by atoms with E-state index in [1.807, 2.05) is 24.3 Å². The third-order valence-corrected chi connectivity index (χ3v) is 3.55. The second-order valence-electron chi connectivity index (χ2n) is 5.12. The maximum Gasteiger partial charge on any atom is 0.387 e. The van der Waals surface area contributed by atoms with Gasteiger partial charge in [0.1, 0.15) is 12.1 Å². The molecule has 1 aromatic carbocycles. The van der Waals surface area contributed by atoms with Crippen LogP contribution >= 0.6 is 0 Å². The van der Waals surface area contributed by atoms with Crippen molar-refractivity contribution in [2.45, 2.75) is 6.61 Å². The molecule has 0 atom stereocenters. The SMILES string of the molecule is FC(F)Oc1ccc(-c2cc(-c3ccccn3)n3ncnc3n2)cc1. The van der Waals surface area contributed by atoms with Crippen LogP contribution in [-0.2, 0) is 0 Å². The number of benzene rings is 1. The highest BCUT2D eigenvalue weighted by Crippen LogP contribution is 2.26. The first-order valence-corrected chi connectivity index (χ1v) is 7.38. The van der Waals surface area contributed by atoms with Gasteiger partial charge in [-0.3, -0.25) is 4.98 Å². The molecule has 0 saturated carbocycles. The number of rotatable bonds is 4. The summed E-state index contributed by atoms with van der Waals surface area (Å²) in [6.45, 7) is -2.85. The van der Waals surface area contributed by atoms with E-state index < -0.39 is 6.61 Å². The first kappa shape index (κ1) is 15.1. The zero-order valence-electron chi connectivity index (χ0n) is 12.8. The Morgan fingerprint density at radius 2 is 1.80 bits per heavy atom. The number of aromatic nitrogens is 5. The molecule has 0 N–H and O–H groups in total. The van der Waals surface area contributed by atoms with Crippen LogP contribution in [0, 0.1) is 0 Å². The van der Waals surface area contributed by atoms with Crippen LogP contribution in [-0.4, -0.2) is 31.2 Å².